The van der Waals surface area contributed by atoms with Crippen molar-refractivity contribution in [2.24, 2.45) is 5.92 Å². The van der Waals surface area contributed by atoms with Crippen LogP contribution in [0.5, 0.6) is 5.75 Å². The smallest absolute Gasteiger partial charge is 0.250 e. The van der Waals surface area contributed by atoms with Gasteiger partial charge >= 0.3 is 0 Å². The first-order valence-corrected chi connectivity index (χ1v) is 12.0. The summed E-state index contributed by atoms with van der Waals surface area (Å²) in [5, 5.41) is 5.40. The van der Waals surface area contributed by atoms with Gasteiger partial charge in [-0.05, 0) is 68.4 Å². The molecule has 1 heterocycles. The van der Waals surface area contributed by atoms with E-state index in [9.17, 15) is 4.39 Å². The van der Waals surface area contributed by atoms with Crippen molar-refractivity contribution in [2.45, 2.75) is 66.0 Å². The molecule has 8 heteroatoms. The lowest BCUT2D eigenvalue weighted by molar-refractivity contribution is 0.411. The SMILES string of the molecule is CCCn1nc(N(c2cc(C)c(OC)cc2Cl)[C@@H](CC2CC2)c2ccc(C)c(F)c2)nc1C.Cl. The molecule has 184 valence electrons. The van der Waals surface area contributed by atoms with Crippen LogP contribution in [-0.4, -0.2) is 21.9 Å². The van der Waals surface area contributed by atoms with Gasteiger partial charge < -0.3 is 9.64 Å². The molecule has 4 rings (SSSR count). The minimum atomic E-state index is -0.203. The molecule has 5 nitrogen and oxygen atoms in total. The van der Waals surface area contributed by atoms with Gasteiger partial charge in [0.2, 0.25) is 5.95 Å². The van der Waals surface area contributed by atoms with Crippen LogP contribution >= 0.6 is 24.0 Å². The van der Waals surface area contributed by atoms with Crippen LogP contribution in [0.15, 0.2) is 30.3 Å². The number of aromatic nitrogens is 3. The molecule has 1 aromatic heterocycles. The van der Waals surface area contributed by atoms with Crippen molar-refractivity contribution in [3.63, 3.8) is 0 Å². The number of ether oxygens (including phenoxy) is 1. The van der Waals surface area contributed by atoms with Crippen LogP contribution in [-0.2, 0) is 6.54 Å². The topological polar surface area (TPSA) is 43.2 Å². The molecule has 0 radical (unpaired) electrons. The number of hydrogen-bond acceptors (Lipinski definition) is 4. The Morgan fingerprint density at radius 2 is 1.91 bits per heavy atom. The molecule has 3 aromatic rings. The molecule has 0 bridgehead atoms. The highest BCUT2D eigenvalue weighted by Gasteiger charge is 2.34. The van der Waals surface area contributed by atoms with Gasteiger partial charge in [-0.2, -0.15) is 4.98 Å². The third kappa shape index (κ3) is 5.49. The van der Waals surface area contributed by atoms with Gasteiger partial charge in [0, 0.05) is 12.6 Å². The van der Waals surface area contributed by atoms with Crippen molar-refractivity contribution in [3.8, 4) is 5.75 Å². The molecule has 0 spiro atoms. The van der Waals surface area contributed by atoms with E-state index in [4.69, 9.17) is 26.4 Å². The number of halogens is 3. The highest BCUT2D eigenvalue weighted by molar-refractivity contribution is 6.33. The quantitative estimate of drug-likeness (QED) is 0.301. The molecule has 34 heavy (non-hydrogen) atoms. The number of benzene rings is 2. The summed E-state index contributed by atoms with van der Waals surface area (Å²) in [6.45, 7) is 8.65. The number of aryl methyl sites for hydroxylation is 4. The van der Waals surface area contributed by atoms with Gasteiger partial charge in [0.25, 0.3) is 0 Å². The second-order valence-corrected chi connectivity index (χ2v) is 9.44. The molecule has 0 saturated heterocycles. The van der Waals surface area contributed by atoms with E-state index in [0.717, 1.165) is 47.8 Å². The van der Waals surface area contributed by atoms with Gasteiger partial charge in [0.15, 0.2) is 0 Å². The number of methoxy groups -OCH3 is 1. The van der Waals surface area contributed by atoms with Crippen molar-refractivity contribution >= 4 is 35.6 Å². The fraction of sp³-hybridized carbons (Fsp3) is 0.462. The third-order valence-electron chi connectivity index (χ3n) is 6.37. The van der Waals surface area contributed by atoms with Crippen LogP contribution in [0.2, 0.25) is 5.02 Å². The lowest BCUT2D eigenvalue weighted by Gasteiger charge is -2.33. The summed E-state index contributed by atoms with van der Waals surface area (Å²) in [6.07, 6.45) is 4.21. The minimum Gasteiger partial charge on any atom is -0.496 e. The van der Waals surface area contributed by atoms with Crippen LogP contribution in [0.1, 0.15) is 61.2 Å². The minimum absolute atomic E-state index is 0. The zero-order chi connectivity index (χ0) is 23.7. The van der Waals surface area contributed by atoms with Gasteiger partial charge in [-0.1, -0.05) is 43.5 Å². The van der Waals surface area contributed by atoms with Crippen molar-refractivity contribution in [2.75, 3.05) is 12.0 Å². The molecular weight excluding hydrogens is 474 g/mol. The summed E-state index contributed by atoms with van der Waals surface area (Å²) in [4.78, 5) is 6.92. The summed E-state index contributed by atoms with van der Waals surface area (Å²) in [7, 11) is 1.64. The second-order valence-electron chi connectivity index (χ2n) is 9.03. The van der Waals surface area contributed by atoms with E-state index in [-0.39, 0.29) is 24.3 Å². The maximum Gasteiger partial charge on any atom is 0.250 e. The summed E-state index contributed by atoms with van der Waals surface area (Å²) in [6, 6.07) is 9.21. The average Bonchev–Trinajstić information content (AvgIpc) is 3.54. The number of hydrogen-bond donors (Lipinski definition) is 0. The van der Waals surface area contributed by atoms with E-state index in [0.29, 0.717) is 22.5 Å². The van der Waals surface area contributed by atoms with Crippen molar-refractivity contribution in [3.05, 3.63) is 63.7 Å². The molecule has 2 aromatic carbocycles. The van der Waals surface area contributed by atoms with Gasteiger partial charge in [0.05, 0.1) is 23.9 Å². The third-order valence-corrected chi connectivity index (χ3v) is 6.67. The van der Waals surface area contributed by atoms with Crippen LogP contribution < -0.4 is 9.64 Å². The van der Waals surface area contributed by atoms with Crippen LogP contribution in [0.4, 0.5) is 16.0 Å². The molecule has 1 fully saturated rings. The number of rotatable bonds is 9. The highest BCUT2D eigenvalue weighted by Crippen LogP contribution is 2.46. The zero-order valence-corrected chi connectivity index (χ0v) is 22.0. The summed E-state index contributed by atoms with van der Waals surface area (Å²) < 4.78 is 22.1. The van der Waals surface area contributed by atoms with Gasteiger partial charge in [-0.25, -0.2) is 9.07 Å². The van der Waals surface area contributed by atoms with Crippen molar-refractivity contribution < 1.29 is 9.13 Å². The van der Waals surface area contributed by atoms with Gasteiger partial charge in [0.1, 0.15) is 17.4 Å². The predicted molar refractivity (Wildman–Crippen MR) is 138 cm³/mol. The van der Waals surface area contributed by atoms with E-state index in [1.54, 1.807) is 20.1 Å². The monoisotopic (exact) mass is 506 g/mol. The first-order chi connectivity index (χ1) is 15.8. The van der Waals surface area contributed by atoms with Crippen LogP contribution in [0.3, 0.4) is 0 Å². The summed E-state index contributed by atoms with van der Waals surface area (Å²) >= 11 is 6.81. The maximum absolute atomic E-state index is 14.7. The van der Waals surface area contributed by atoms with E-state index >= 15 is 0 Å². The molecular formula is C26H33Cl2FN4O. The molecule has 1 atom stereocenters. The Hall–Kier alpha value is -2.31. The van der Waals surface area contributed by atoms with E-state index in [2.05, 4.69) is 11.8 Å². The normalized spacial score (nSPS) is 14.0. The molecule has 0 unspecified atom stereocenters. The van der Waals surface area contributed by atoms with E-state index in [1.165, 1.54) is 12.8 Å². The van der Waals surface area contributed by atoms with Crippen LogP contribution in [0.25, 0.3) is 0 Å². The second kappa shape index (κ2) is 11.0. The summed E-state index contributed by atoms with van der Waals surface area (Å²) in [5.74, 6) is 2.55. The lowest BCUT2D eigenvalue weighted by Crippen LogP contribution is -2.26. The van der Waals surface area contributed by atoms with E-state index < -0.39 is 0 Å². The van der Waals surface area contributed by atoms with Crippen molar-refractivity contribution in [1.82, 2.24) is 14.8 Å². The molecule has 1 aliphatic carbocycles. The van der Waals surface area contributed by atoms with Crippen LogP contribution in [0, 0.1) is 32.5 Å². The Labute approximate surface area is 212 Å². The Morgan fingerprint density at radius 3 is 2.53 bits per heavy atom. The fourth-order valence-corrected chi connectivity index (χ4v) is 4.52. The molecule has 1 aliphatic rings. The van der Waals surface area contributed by atoms with Gasteiger partial charge in [-0.3, -0.25) is 0 Å². The zero-order valence-electron chi connectivity index (χ0n) is 20.4. The Bertz CT molecular complexity index is 1150. The molecule has 0 amide bonds. The van der Waals surface area contributed by atoms with Crippen molar-refractivity contribution in [1.29, 1.82) is 0 Å². The number of nitrogens with zero attached hydrogens (tertiary/aromatic N) is 4. The largest absolute Gasteiger partial charge is 0.496 e. The molecule has 0 N–H and O–H groups in total. The number of anilines is 2. The maximum atomic E-state index is 14.7. The first-order valence-electron chi connectivity index (χ1n) is 11.6. The fourth-order valence-electron chi connectivity index (χ4n) is 4.27. The standard InChI is InChI=1S/C26H32ClFN4O.ClH/c1-6-11-31-18(4)29-26(30-31)32(24-12-17(3)25(33-5)15-21(24)27)23(13-19-8-9-19)20-10-7-16(2)22(28)14-20;/h7,10,12,14-15,19,23H,6,8-9,11,13H2,1-5H3;1H/t23-;/m0./s1. The highest BCUT2D eigenvalue weighted by atomic mass is 35.5. The summed E-state index contributed by atoms with van der Waals surface area (Å²) in [5.41, 5.74) is 3.30. The average molecular weight is 507 g/mol. The molecule has 1 saturated carbocycles. The Morgan fingerprint density at radius 1 is 1.18 bits per heavy atom. The predicted octanol–water partition coefficient (Wildman–Crippen LogP) is 7.52. The van der Waals surface area contributed by atoms with Gasteiger partial charge in [-0.15, -0.1) is 17.5 Å². The Balaban J connectivity index is 0.00000324. The Kier molecular flexibility index (Phi) is 8.47. The first kappa shape index (κ1) is 26.3. The lowest BCUT2D eigenvalue weighted by atomic mass is 9.97. The van der Waals surface area contributed by atoms with E-state index in [1.807, 2.05) is 42.8 Å². The molecule has 0 aliphatic heterocycles.